The lowest BCUT2D eigenvalue weighted by Gasteiger charge is -2.35. The van der Waals surface area contributed by atoms with E-state index in [1.54, 1.807) is 11.3 Å². The molecule has 0 spiro atoms. The van der Waals surface area contributed by atoms with E-state index < -0.39 is 0 Å². The second-order valence-corrected chi connectivity index (χ2v) is 6.72. The first-order valence-electron chi connectivity index (χ1n) is 6.93. The smallest absolute Gasteiger partial charge is 0.186 e. The Morgan fingerprint density at radius 2 is 2.11 bits per heavy atom. The third-order valence-electron chi connectivity index (χ3n) is 4.36. The van der Waals surface area contributed by atoms with E-state index in [2.05, 4.69) is 18.7 Å². The van der Waals surface area contributed by atoms with Crippen molar-refractivity contribution in [3.05, 3.63) is 10.6 Å². The molecule has 2 atom stereocenters. The number of Topliss-reactive ketones (excluding diaryl/α,β-unsaturated/α-hetero) is 1. The number of ketones is 1. The Bertz CT molecular complexity index is 468. The minimum atomic E-state index is 0.304. The number of aromatic nitrogens is 1. The third-order valence-corrected chi connectivity index (χ3v) is 5.56. The summed E-state index contributed by atoms with van der Waals surface area (Å²) in [6, 6.07) is 0. The zero-order valence-corrected chi connectivity index (χ0v) is 11.9. The van der Waals surface area contributed by atoms with Crippen molar-refractivity contribution in [1.82, 2.24) is 4.98 Å². The Kier molecular flexibility index (Phi) is 3.14. The topological polar surface area (TPSA) is 33.2 Å². The molecule has 18 heavy (non-hydrogen) atoms. The van der Waals surface area contributed by atoms with Crippen LogP contribution in [0.4, 0.5) is 5.13 Å². The third kappa shape index (κ3) is 2.07. The van der Waals surface area contributed by atoms with Gasteiger partial charge in [0.1, 0.15) is 0 Å². The standard InChI is InChI=1S/C14H20N2OS/c1-9-6-7-16(8-10(9)2)14-15-11-4-3-5-12(17)13(11)18-14/h9-10H,3-8H2,1-2H3. The highest BCUT2D eigenvalue weighted by Crippen LogP contribution is 2.34. The quantitative estimate of drug-likeness (QED) is 0.781. The molecule has 0 bridgehead atoms. The number of carbonyl (C=O) groups excluding carboxylic acids is 1. The summed E-state index contributed by atoms with van der Waals surface area (Å²) >= 11 is 1.62. The lowest BCUT2D eigenvalue weighted by molar-refractivity contribution is 0.0976. The molecule has 0 saturated carbocycles. The lowest BCUT2D eigenvalue weighted by atomic mass is 9.89. The fraction of sp³-hybridized carbons (Fsp3) is 0.714. The predicted molar refractivity (Wildman–Crippen MR) is 74.5 cm³/mol. The van der Waals surface area contributed by atoms with Gasteiger partial charge in [-0.1, -0.05) is 25.2 Å². The van der Waals surface area contributed by atoms with Crippen molar-refractivity contribution in [2.24, 2.45) is 11.8 Å². The summed E-state index contributed by atoms with van der Waals surface area (Å²) in [7, 11) is 0. The molecular formula is C14H20N2OS. The van der Waals surface area contributed by atoms with E-state index in [4.69, 9.17) is 4.98 Å². The summed E-state index contributed by atoms with van der Waals surface area (Å²) in [5.74, 6) is 1.83. The van der Waals surface area contributed by atoms with Crippen molar-refractivity contribution in [1.29, 1.82) is 0 Å². The van der Waals surface area contributed by atoms with Crippen LogP contribution in [0.5, 0.6) is 0 Å². The normalized spacial score (nSPS) is 28.3. The lowest BCUT2D eigenvalue weighted by Crippen LogP contribution is -2.38. The molecule has 98 valence electrons. The number of piperidine rings is 1. The summed E-state index contributed by atoms with van der Waals surface area (Å²) in [5, 5.41) is 1.08. The van der Waals surface area contributed by atoms with E-state index >= 15 is 0 Å². The number of anilines is 1. The summed E-state index contributed by atoms with van der Waals surface area (Å²) in [6.45, 7) is 6.82. The van der Waals surface area contributed by atoms with Gasteiger partial charge in [0.25, 0.3) is 0 Å². The van der Waals surface area contributed by atoms with Gasteiger partial charge in [-0.15, -0.1) is 0 Å². The van der Waals surface area contributed by atoms with Gasteiger partial charge in [0, 0.05) is 19.5 Å². The van der Waals surface area contributed by atoms with Crippen LogP contribution in [0.15, 0.2) is 0 Å². The number of hydrogen-bond donors (Lipinski definition) is 0. The maximum absolute atomic E-state index is 11.8. The number of carbonyl (C=O) groups is 1. The van der Waals surface area contributed by atoms with Crippen molar-refractivity contribution in [3.8, 4) is 0 Å². The molecule has 3 rings (SSSR count). The number of nitrogens with zero attached hydrogens (tertiary/aromatic N) is 2. The van der Waals surface area contributed by atoms with E-state index in [1.807, 2.05) is 0 Å². The van der Waals surface area contributed by atoms with Gasteiger partial charge in [0.05, 0.1) is 10.6 Å². The monoisotopic (exact) mass is 264 g/mol. The number of rotatable bonds is 1. The molecule has 4 heteroatoms. The van der Waals surface area contributed by atoms with Crippen LogP contribution in [0, 0.1) is 11.8 Å². The molecule has 2 unspecified atom stereocenters. The largest absolute Gasteiger partial charge is 0.348 e. The van der Waals surface area contributed by atoms with Crippen molar-refractivity contribution in [2.75, 3.05) is 18.0 Å². The fourth-order valence-electron chi connectivity index (χ4n) is 2.83. The van der Waals surface area contributed by atoms with Crippen LogP contribution >= 0.6 is 11.3 Å². The number of hydrogen-bond acceptors (Lipinski definition) is 4. The van der Waals surface area contributed by atoms with Gasteiger partial charge in [-0.2, -0.15) is 0 Å². The molecule has 2 heterocycles. The van der Waals surface area contributed by atoms with Gasteiger partial charge < -0.3 is 4.90 Å². The maximum atomic E-state index is 11.8. The highest BCUT2D eigenvalue weighted by Gasteiger charge is 2.28. The minimum absolute atomic E-state index is 0.304. The summed E-state index contributed by atoms with van der Waals surface area (Å²) in [6.07, 6.45) is 3.90. The zero-order chi connectivity index (χ0) is 12.7. The Hall–Kier alpha value is -0.900. The Morgan fingerprint density at radius 1 is 1.28 bits per heavy atom. The van der Waals surface area contributed by atoms with E-state index in [-0.39, 0.29) is 0 Å². The molecule has 1 aromatic rings. The molecule has 1 saturated heterocycles. The van der Waals surface area contributed by atoms with E-state index in [1.165, 1.54) is 6.42 Å². The van der Waals surface area contributed by atoms with Crippen molar-refractivity contribution < 1.29 is 4.79 Å². The van der Waals surface area contributed by atoms with Gasteiger partial charge in [-0.05, 0) is 31.1 Å². The van der Waals surface area contributed by atoms with Crippen LogP contribution in [0.3, 0.4) is 0 Å². The van der Waals surface area contributed by atoms with E-state index in [0.717, 1.165) is 53.5 Å². The van der Waals surface area contributed by atoms with Crippen LogP contribution in [-0.2, 0) is 6.42 Å². The van der Waals surface area contributed by atoms with Crippen LogP contribution in [0.2, 0.25) is 0 Å². The molecule has 1 aromatic heterocycles. The first-order valence-corrected chi connectivity index (χ1v) is 7.74. The summed E-state index contributed by atoms with van der Waals surface area (Å²) < 4.78 is 0. The van der Waals surface area contributed by atoms with Gasteiger partial charge in [0.2, 0.25) is 0 Å². The molecule has 0 N–H and O–H groups in total. The van der Waals surface area contributed by atoms with Crippen molar-refractivity contribution in [2.45, 2.75) is 39.5 Å². The molecule has 3 nitrogen and oxygen atoms in total. The molecule has 0 aromatic carbocycles. The van der Waals surface area contributed by atoms with Gasteiger partial charge >= 0.3 is 0 Å². The molecular weight excluding hydrogens is 244 g/mol. The number of fused-ring (bicyclic) bond motifs is 1. The number of aryl methyl sites for hydroxylation is 1. The molecule has 1 aliphatic carbocycles. The maximum Gasteiger partial charge on any atom is 0.186 e. The zero-order valence-electron chi connectivity index (χ0n) is 11.1. The van der Waals surface area contributed by atoms with Crippen LogP contribution in [0.25, 0.3) is 0 Å². The Labute approximate surface area is 112 Å². The highest BCUT2D eigenvalue weighted by molar-refractivity contribution is 7.17. The van der Waals surface area contributed by atoms with Crippen LogP contribution < -0.4 is 4.90 Å². The molecule has 0 radical (unpaired) electrons. The van der Waals surface area contributed by atoms with Crippen LogP contribution in [0.1, 0.15) is 48.5 Å². The van der Waals surface area contributed by atoms with Crippen LogP contribution in [-0.4, -0.2) is 23.9 Å². The minimum Gasteiger partial charge on any atom is -0.348 e. The summed E-state index contributed by atoms with van der Waals surface area (Å²) in [4.78, 5) is 19.9. The average molecular weight is 264 g/mol. The number of thiazole rings is 1. The second-order valence-electron chi connectivity index (χ2n) is 5.74. The van der Waals surface area contributed by atoms with Gasteiger partial charge in [-0.3, -0.25) is 4.79 Å². The highest BCUT2D eigenvalue weighted by atomic mass is 32.1. The van der Waals surface area contributed by atoms with Crippen molar-refractivity contribution in [3.63, 3.8) is 0 Å². The summed E-state index contributed by atoms with van der Waals surface area (Å²) in [5.41, 5.74) is 1.05. The fourth-order valence-corrected chi connectivity index (χ4v) is 3.94. The predicted octanol–water partition coefficient (Wildman–Crippen LogP) is 3.14. The molecule has 1 fully saturated rings. The van der Waals surface area contributed by atoms with E-state index in [0.29, 0.717) is 12.2 Å². The van der Waals surface area contributed by atoms with Crippen molar-refractivity contribution >= 4 is 22.3 Å². The first kappa shape index (κ1) is 12.2. The molecule has 1 aliphatic heterocycles. The SMILES string of the molecule is CC1CCN(c2nc3c(s2)C(=O)CCC3)CC1C. The Morgan fingerprint density at radius 3 is 2.83 bits per heavy atom. The van der Waals surface area contributed by atoms with Gasteiger partial charge in [-0.25, -0.2) is 4.98 Å². The second kappa shape index (κ2) is 4.65. The molecule has 2 aliphatic rings. The Balaban J connectivity index is 1.83. The first-order chi connectivity index (χ1) is 8.65. The molecule has 0 amide bonds. The van der Waals surface area contributed by atoms with Gasteiger partial charge in [0.15, 0.2) is 10.9 Å². The van der Waals surface area contributed by atoms with E-state index in [9.17, 15) is 4.79 Å². The average Bonchev–Trinajstić information content (AvgIpc) is 2.78.